The van der Waals surface area contributed by atoms with Gasteiger partial charge in [0.2, 0.25) is 0 Å². The maximum Gasteiger partial charge on any atom is 0.152 e. The molecule has 1 fully saturated rings. The first-order valence-corrected chi connectivity index (χ1v) is 8.82. The van der Waals surface area contributed by atoms with E-state index in [2.05, 4.69) is 11.0 Å². The Labute approximate surface area is 113 Å². The number of nitrogens with two attached hydrogens (primary N) is 1. The highest BCUT2D eigenvalue weighted by molar-refractivity contribution is 7.91. The summed E-state index contributed by atoms with van der Waals surface area (Å²) in [6, 6.07) is 4.09. The Morgan fingerprint density at radius 1 is 1.56 bits per heavy atom. The van der Waals surface area contributed by atoms with Crippen molar-refractivity contribution in [1.82, 2.24) is 4.90 Å². The zero-order valence-electron chi connectivity index (χ0n) is 10.6. The molecule has 1 aromatic rings. The first-order valence-electron chi connectivity index (χ1n) is 6.12. The summed E-state index contributed by atoms with van der Waals surface area (Å²) < 4.78 is 23.7. The molecule has 0 saturated carbocycles. The monoisotopic (exact) mass is 288 g/mol. The molecule has 2 rings (SSSR count). The summed E-state index contributed by atoms with van der Waals surface area (Å²) in [4.78, 5) is 3.36. The highest BCUT2D eigenvalue weighted by Gasteiger charge is 2.41. The minimum Gasteiger partial charge on any atom is -0.329 e. The molecule has 18 heavy (non-hydrogen) atoms. The van der Waals surface area contributed by atoms with E-state index in [0.29, 0.717) is 18.7 Å². The van der Waals surface area contributed by atoms with Crippen LogP contribution in [0.25, 0.3) is 0 Å². The van der Waals surface area contributed by atoms with Gasteiger partial charge in [-0.05, 0) is 31.3 Å². The number of hydrogen-bond acceptors (Lipinski definition) is 5. The van der Waals surface area contributed by atoms with Crippen LogP contribution in [0, 0.1) is 0 Å². The molecule has 1 aromatic heterocycles. The Hall–Kier alpha value is -0.430. The second-order valence-corrected chi connectivity index (χ2v) is 8.28. The molecule has 1 saturated heterocycles. The lowest BCUT2D eigenvalue weighted by Gasteiger charge is -2.43. The maximum atomic E-state index is 11.9. The highest BCUT2D eigenvalue weighted by atomic mass is 32.2. The van der Waals surface area contributed by atoms with Gasteiger partial charge in [0.25, 0.3) is 0 Å². The summed E-state index contributed by atoms with van der Waals surface area (Å²) in [5.41, 5.74) is 5.50. The lowest BCUT2D eigenvalue weighted by atomic mass is 9.93. The van der Waals surface area contributed by atoms with Gasteiger partial charge < -0.3 is 5.73 Å². The fourth-order valence-corrected chi connectivity index (χ4v) is 5.38. The van der Waals surface area contributed by atoms with Crippen LogP contribution in [-0.4, -0.2) is 44.0 Å². The third-order valence-electron chi connectivity index (χ3n) is 3.75. The molecule has 1 aliphatic rings. The summed E-state index contributed by atoms with van der Waals surface area (Å²) >= 11 is 1.69. The SMILES string of the molecule is CN(Cc1cccs1)C1(CN)CCCS(=O)(=O)C1. The van der Waals surface area contributed by atoms with E-state index in [1.807, 2.05) is 18.5 Å². The molecule has 1 atom stereocenters. The molecule has 0 aliphatic carbocycles. The van der Waals surface area contributed by atoms with Crippen LogP contribution in [0.4, 0.5) is 0 Å². The van der Waals surface area contributed by atoms with Crippen molar-refractivity contribution < 1.29 is 8.42 Å². The standard InChI is InChI=1S/C12H20N2O2S2/c1-14(8-11-4-2-6-17-11)12(9-13)5-3-7-18(15,16)10-12/h2,4,6H,3,5,7-10,13H2,1H3. The van der Waals surface area contributed by atoms with Gasteiger partial charge in [-0.2, -0.15) is 0 Å². The molecule has 1 aliphatic heterocycles. The van der Waals surface area contributed by atoms with Gasteiger partial charge in [0.1, 0.15) is 0 Å². The second-order valence-electron chi connectivity index (χ2n) is 5.06. The smallest absolute Gasteiger partial charge is 0.152 e. The lowest BCUT2D eigenvalue weighted by Crippen LogP contribution is -2.58. The van der Waals surface area contributed by atoms with Gasteiger partial charge in [-0.25, -0.2) is 8.42 Å². The fourth-order valence-electron chi connectivity index (χ4n) is 2.60. The van der Waals surface area contributed by atoms with E-state index < -0.39 is 9.84 Å². The predicted molar refractivity (Wildman–Crippen MR) is 75.5 cm³/mol. The minimum absolute atomic E-state index is 0.193. The van der Waals surface area contributed by atoms with Crippen molar-refractivity contribution in [3.05, 3.63) is 22.4 Å². The van der Waals surface area contributed by atoms with E-state index in [0.717, 1.165) is 13.0 Å². The van der Waals surface area contributed by atoms with Gasteiger partial charge in [0.05, 0.1) is 11.5 Å². The van der Waals surface area contributed by atoms with E-state index in [4.69, 9.17) is 5.73 Å². The van der Waals surface area contributed by atoms with Crippen molar-refractivity contribution >= 4 is 21.2 Å². The second kappa shape index (κ2) is 5.28. The Balaban J connectivity index is 2.16. The van der Waals surface area contributed by atoms with Crippen molar-refractivity contribution in [1.29, 1.82) is 0 Å². The lowest BCUT2D eigenvalue weighted by molar-refractivity contribution is 0.125. The highest BCUT2D eigenvalue weighted by Crippen LogP contribution is 2.29. The molecule has 6 heteroatoms. The van der Waals surface area contributed by atoms with Gasteiger partial charge in [0, 0.05) is 23.5 Å². The van der Waals surface area contributed by atoms with E-state index in [1.165, 1.54) is 4.88 Å². The molecular formula is C12H20N2O2S2. The van der Waals surface area contributed by atoms with Crippen molar-refractivity contribution in [3.63, 3.8) is 0 Å². The molecule has 0 aromatic carbocycles. The molecule has 2 heterocycles. The van der Waals surface area contributed by atoms with Crippen molar-refractivity contribution in [2.45, 2.75) is 24.9 Å². The largest absolute Gasteiger partial charge is 0.329 e. The summed E-state index contributed by atoms with van der Waals surface area (Å²) in [5.74, 6) is 0.500. The Bertz CT molecular complexity index is 484. The summed E-state index contributed by atoms with van der Waals surface area (Å²) in [6.07, 6.45) is 1.58. The summed E-state index contributed by atoms with van der Waals surface area (Å²) in [7, 11) is -0.965. The molecule has 0 amide bonds. The van der Waals surface area contributed by atoms with Crippen LogP contribution >= 0.6 is 11.3 Å². The van der Waals surface area contributed by atoms with Gasteiger partial charge in [-0.15, -0.1) is 11.3 Å². The first kappa shape index (κ1) is 14.0. The Kier molecular flexibility index (Phi) is 4.11. The van der Waals surface area contributed by atoms with Gasteiger partial charge in [0.15, 0.2) is 9.84 Å². The van der Waals surface area contributed by atoms with Crippen LogP contribution in [0.3, 0.4) is 0 Å². The van der Waals surface area contributed by atoms with Crippen LogP contribution in [0.1, 0.15) is 17.7 Å². The number of likely N-dealkylation sites (N-methyl/N-ethyl adjacent to an activating group) is 1. The number of thiophene rings is 1. The molecule has 0 radical (unpaired) electrons. The average Bonchev–Trinajstić information content (AvgIpc) is 2.80. The Morgan fingerprint density at radius 3 is 2.89 bits per heavy atom. The maximum absolute atomic E-state index is 11.9. The minimum atomic E-state index is -2.94. The van der Waals surface area contributed by atoms with E-state index in [1.54, 1.807) is 11.3 Å². The molecule has 102 valence electrons. The number of nitrogens with zero attached hydrogens (tertiary/aromatic N) is 1. The number of sulfone groups is 1. The van der Waals surface area contributed by atoms with Crippen LogP contribution < -0.4 is 5.73 Å². The zero-order valence-corrected chi connectivity index (χ0v) is 12.3. The normalized spacial score (nSPS) is 27.5. The number of rotatable bonds is 4. The van der Waals surface area contributed by atoms with E-state index in [9.17, 15) is 8.42 Å². The molecule has 4 nitrogen and oxygen atoms in total. The fraction of sp³-hybridized carbons (Fsp3) is 0.667. The molecule has 0 spiro atoms. The topological polar surface area (TPSA) is 63.4 Å². The van der Waals surface area contributed by atoms with Crippen LogP contribution in [0.2, 0.25) is 0 Å². The third-order valence-corrected chi connectivity index (χ3v) is 6.50. The zero-order chi connectivity index (χ0) is 13.2. The van der Waals surface area contributed by atoms with Crippen molar-refractivity contribution in [3.8, 4) is 0 Å². The Morgan fingerprint density at radius 2 is 2.33 bits per heavy atom. The first-order chi connectivity index (χ1) is 8.47. The molecule has 0 bridgehead atoms. The van der Waals surface area contributed by atoms with Crippen molar-refractivity contribution in [2.75, 3.05) is 25.1 Å². The number of hydrogen-bond donors (Lipinski definition) is 1. The van der Waals surface area contributed by atoms with Crippen molar-refractivity contribution in [2.24, 2.45) is 5.73 Å². The van der Waals surface area contributed by atoms with Gasteiger partial charge >= 0.3 is 0 Å². The third kappa shape index (κ3) is 2.93. The van der Waals surface area contributed by atoms with Crippen LogP contribution in [0.15, 0.2) is 17.5 Å². The molecule has 2 N–H and O–H groups in total. The average molecular weight is 288 g/mol. The van der Waals surface area contributed by atoms with E-state index >= 15 is 0 Å². The molecular weight excluding hydrogens is 268 g/mol. The summed E-state index contributed by atoms with van der Waals surface area (Å²) in [6.45, 7) is 1.17. The summed E-state index contributed by atoms with van der Waals surface area (Å²) in [5, 5.41) is 2.04. The van der Waals surface area contributed by atoms with E-state index in [-0.39, 0.29) is 11.3 Å². The van der Waals surface area contributed by atoms with Crippen LogP contribution in [0.5, 0.6) is 0 Å². The quantitative estimate of drug-likeness (QED) is 0.901. The van der Waals surface area contributed by atoms with Gasteiger partial charge in [-0.3, -0.25) is 4.90 Å². The van der Waals surface area contributed by atoms with Crippen LogP contribution in [-0.2, 0) is 16.4 Å². The molecule has 1 unspecified atom stereocenters. The predicted octanol–water partition coefficient (Wildman–Crippen LogP) is 1.09. The van der Waals surface area contributed by atoms with Gasteiger partial charge in [-0.1, -0.05) is 6.07 Å².